The van der Waals surface area contributed by atoms with Crippen molar-refractivity contribution in [3.05, 3.63) is 58.1 Å². The van der Waals surface area contributed by atoms with Gasteiger partial charge in [-0.15, -0.1) is 0 Å². The van der Waals surface area contributed by atoms with Crippen molar-refractivity contribution in [1.29, 1.82) is 0 Å². The third-order valence-corrected chi connectivity index (χ3v) is 5.38. The van der Waals surface area contributed by atoms with Crippen molar-refractivity contribution >= 4 is 34.9 Å². The molecule has 3 rings (SSSR count). The molecule has 0 aromatic heterocycles. The minimum absolute atomic E-state index is 0.161. The van der Waals surface area contributed by atoms with Crippen LogP contribution in [-0.4, -0.2) is 37.2 Å². The molecule has 0 radical (unpaired) electrons. The van der Waals surface area contributed by atoms with E-state index in [4.69, 9.17) is 27.9 Å². The summed E-state index contributed by atoms with van der Waals surface area (Å²) < 4.78 is 5.28. The standard InChI is InChI=1S/C20H23Cl2N3O2/c1-27-17-4-2-3-14(11-17)13-25-9-7-15(8-10-25)23-20(26)24-16-5-6-18(21)19(22)12-16/h2-6,11-12,15H,7-10,13H2,1H3,(H2,23,24,26). The van der Waals surface area contributed by atoms with Gasteiger partial charge in [-0.05, 0) is 48.7 Å². The van der Waals surface area contributed by atoms with E-state index in [1.807, 2.05) is 12.1 Å². The molecule has 1 fully saturated rings. The smallest absolute Gasteiger partial charge is 0.319 e. The first-order valence-corrected chi connectivity index (χ1v) is 9.67. The fourth-order valence-electron chi connectivity index (χ4n) is 3.19. The molecule has 2 amide bonds. The van der Waals surface area contributed by atoms with Gasteiger partial charge in [0.1, 0.15) is 5.75 Å². The average Bonchev–Trinajstić information content (AvgIpc) is 2.66. The number of nitrogens with one attached hydrogen (secondary N) is 2. The summed E-state index contributed by atoms with van der Waals surface area (Å²) in [6, 6.07) is 13.1. The Kier molecular flexibility index (Phi) is 6.83. The SMILES string of the molecule is COc1cccc(CN2CCC(NC(=O)Nc3ccc(Cl)c(Cl)c3)CC2)c1. The Bertz CT molecular complexity index is 793. The lowest BCUT2D eigenvalue weighted by molar-refractivity contribution is 0.189. The Labute approximate surface area is 169 Å². The van der Waals surface area contributed by atoms with Gasteiger partial charge in [-0.25, -0.2) is 4.79 Å². The summed E-state index contributed by atoms with van der Waals surface area (Å²) in [5.41, 5.74) is 1.86. The number of likely N-dealkylation sites (tertiary alicyclic amines) is 1. The molecule has 0 saturated carbocycles. The van der Waals surface area contributed by atoms with Gasteiger partial charge in [0.05, 0.1) is 17.2 Å². The Morgan fingerprint density at radius 2 is 1.93 bits per heavy atom. The van der Waals surface area contributed by atoms with Crippen LogP contribution in [0.25, 0.3) is 0 Å². The second-order valence-electron chi connectivity index (χ2n) is 6.63. The van der Waals surface area contributed by atoms with Crippen LogP contribution in [-0.2, 0) is 6.54 Å². The molecule has 0 atom stereocenters. The quantitative estimate of drug-likeness (QED) is 0.748. The van der Waals surface area contributed by atoms with Crippen LogP contribution in [0.1, 0.15) is 18.4 Å². The third kappa shape index (κ3) is 5.76. The van der Waals surface area contributed by atoms with Crippen LogP contribution >= 0.6 is 23.2 Å². The molecule has 1 aliphatic heterocycles. The first-order valence-electron chi connectivity index (χ1n) is 8.91. The molecule has 27 heavy (non-hydrogen) atoms. The predicted molar refractivity (Wildman–Crippen MR) is 110 cm³/mol. The number of halogens is 2. The molecule has 5 nitrogen and oxygen atoms in total. The monoisotopic (exact) mass is 407 g/mol. The van der Waals surface area contributed by atoms with Crippen molar-refractivity contribution < 1.29 is 9.53 Å². The molecule has 2 aromatic carbocycles. The number of anilines is 1. The van der Waals surface area contributed by atoms with E-state index in [1.54, 1.807) is 25.3 Å². The molecular weight excluding hydrogens is 385 g/mol. The summed E-state index contributed by atoms with van der Waals surface area (Å²) in [4.78, 5) is 14.6. The maximum absolute atomic E-state index is 12.2. The molecule has 1 saturated heterocycles. The van der Waals surface area contributed by atoms with Gasteiger partial charge in [-0.2, -0.15) is 0 Å². The molecule has 1 aliphatic rings. The van der Waals surface area contributed by atoms with Crippen molar-refractivity contribution in [2.24, 2.45) is 0 Å². The number of rotatable bonds is 5. The molecule has 0 bridgehead atoms. The topological polar surface area (TPSA) is 53.6 Å². The fraction of sp³-hybridized carbons (Fsp3) is 0.350. The molecule has 0 spiro atoms. The van der Waals surface area contributed by atoms with E-state index in [0.717, 1.165) is 38.2 Å². The fourth-order valence-corrected chi connectivity index (χ4v) is 3.49. The highest BCUT2D eigenvalue weighted by Crippen LogP contribution is 2.25. The van der Waals surface area contributed by atoms with E-state index in [-0.39, 0.29) is 12.1 Å². The van der Waals surface area contributed by atoms with Crippen LogP contribution in [0.3, 0.4) is 0 Å². The number of carbonyl (C=O) groups excluding carboxylic acids is 1. The average molecular weight is 408 g/mol. The van der Waals surface area contributed by atoms with Crippen LogP contribution in [0.15, 0.2) is 42.5 Å². The zero-order chi connectivity index (χ0) is 19.2. The van der Waals surface area contributed by atoms with Crippen LogP contribution in [0.4, 0.5) is 10.5 Å². The summed E-state index contributed by atoms with van der Waals surface area (Å²) in [7, 11) is 1.68. The second kappa shape index (κ2) is 9.31. The largest absolute Gasteiger partial charge is 0.497 e. The lowest BCUT2D eigenvalue weighted by Crippen LogP contribution is -2.45. The van der Waals surface area contributed by atoms with Crippen LogP contribution in [0, 0.1) is 0 Å². The Morgan fingerprint density at radius 3 is 2.63 bits per heavy atom. The van der Waals surface area contributed by atoms with Crippen LogP contribution in [0.2, 0.25) is 10.0 Å². The van der Waals surface area contributed by atoms with Gasteiger partial charge in [0.25, 0.3) is 0 Å². The molecule has 144 valence electrons. The summed E-state index contributed by atoms with van der Waals surface area (Å²) in [5.74, 6) is 0.878. The number of benzene rings is 2. The zero-order valence-corrected chi connectivity index (χ0v) is 16.7. The number of ether oxygens (including phenoxy) is 1. The highest BCUT2D eigenvalue weighted by molar-refractivity contribution is 6.42. The van der Waals surface area contributed by atoms with E-state index < -0.39 is 0 Å². The summed E-state index contributed by atoms with van der Waals surface area (Å²) in [6.45, 7) is 2.77. The molecular formula is C20H23Cl2N3O2. The summed E-state index contributed by atoms with van der Waals surface area (Å²) >= 11 is 11.9. The Balaban J connectivity index is 1.44. The van der Waals surface area contributed by atoms with Gasteiger partial charge >= 0.3 is 6.03 Å². The van der Waals surface area contributed by atoms with E-state index in [1.165, 1.54) is 5.56 Å². The highest BCUT2D eigenvalue weighted by atomic mass is 35.5. The third-order valence-electron chi connectivity index (χ3n) is 4.64. The lowest BCUT2D eigenvalue weighted by Gasteiger charge is -2.32. The van der Waals surface area contributed by atoms with Crippen molar-refractivity contribution in [2.45, 2.75) is 25.4 Å². The maximum Gasteiger partial charge on any atom is 0.319 e. The molecule has 0 aliphatic carbocycles. The Hall–Kier alpha value is -1.95. The van der Waals surface area contributed by atoms with Gasteiger partial charge in [-0.1, -0.05) is 35.3 Å². The van der Waals surface area contributed by atoms with E-state index in [9.17, 15) is 4.79 Å². The highest BCUT2D eigenvalue weighted by Gasteiger charge is 2.21. The van der Waals surface area contributed by atoms with Crippen molar-refractivity contribution in [3.63, 3.8) is 0 Å². The predicted octanol–water partition coefficient (Wildman–Crippen LogP) is 4.79. The number of urea groups is 1. The minimum Gasteiger partial charge on any atom is -0.497 e. The molecule has 1 heterocycles. The zero-order valence-electron chi connectivity index (χ0n) is 15.2. The number of methoxy groups -OCH3 is 1. The van der Waals surface area contributed by atoms with Gasteiger partial charge in [-0.3, -0.25) is 4.90 Å². The van der Waals surface area contributed by atoms with Crippen molar-refractivity contribution in [1.82, 2.24) is 10.2 Å². The van der Waals surface area contributed by atoms with Gasteiger partial charge in [0.15, 0.2) is 0 Å². The second-order valence-corrected chi connectivity index (χ2v) is 7.44. The van der Waals surface area contributed by atoms with E-state index >= 15 is 0 Å². The molecule has 7 heteroatoms. The first kappa shape index (κ1) is 19.8. The van der Waals surface area contributed by atoms with E-state index in [2.05, 4.69) is 27.7 Å². The number of hydrogen-bond acceptors (Lipinski definition) is 3. The maximum atomic E-state index is 12.2. The number of carbonyl (C=O) groups is 1. The number of piperidine rings is 1. The molecule has 0 unspecified atom stereocenters. The lowest BCUT2D eigenvalue weighted by atomic mass is 10.0. The van der Waals surface area contributed by atoms with Crippen molar-refractivity contribution in [3.8, 4) is 5.75 Å². The molecule has 2 aromatic rings. The number of hydrogen-bond donors (Lipinski definition) is 2. The van der Waals surface area contributed by atoms with Crippen LogP contribution in [0.5, 0.6) is 5.75 Å². The van der Waals surface area contributed by atoms with Crippen LogP contribution < -0.4 is 15.4 Å². The minimum atomic E-state index is -0.223. The number of amides is 2. The molecule has 2 N–H and O–H groups in total. The van der Waals surface area contributed by atoms with Gasteiger partial charge in [0.2, 0.25) is 0 Å². The number of nitrogens with zero attached hydrogens (tertiary/aromatic N) is 1. The van der Waals surface area contributed by atoms with Gasteiger partial charge in [0, 0.05) is 31.4 Å². The summed E-state index contributed by atoms with van der Waals surface area (Å²) in [5, 5.41) is 6.71. The van der Waals surface area contributed by atoms with E-state index in [0.29, 0.717) is 15.7 Å². The van der Waals surface area contributed by atoms with Crippen molar-refractivity contribution in [2.75, 3.05) is 25.5 Å². The first-order chi connectivity index (χ1) is 13.0. The Morgan fingerprint density at radius 1 is 1.15 bits per heavy atom. The summed E-state index contributed by atoms with van der Waals surface area (Å²) in [6.07, 6.45) is 1.83. The van der Waals surface area contributed by atoms with Gasteiger partial charge < -0.3 is 15.4 Å². The normalized spacial score (nSPS) is 15.4.